The number of amides is 2. The lowest BCUT2D eigenvalue weighted by Gasteiger charge is -2.24. The van der Waals surface area contributed by atoms with Crippen LogP contribution in [0.2, 0.25) is 5.02 Å². The molecule has 2 N–H and O–H groups in total. The van der Waals surface area contributed by atoms with Crippen LogP contribution in [0, 0.1) is 23.7 Å². The van der Waals surface area contributed by atoms with E-state index in [9.17, 15) is 9.59 Å². The van der Waals surface area contributed by atoms with E-state index in [1.807, 2.05) is 6.07 Å². The fourth-order valence-corrected chi connectivity index (χ4v) is 2.43. The highest BCUT2D eigenvalue weighted by molar-refractivity contribution is 6.31. The molecule has 7 heteroatoms. The summed E-state index contributed by atoms with van der Waals surface area (Å²) in [6, 6.07) is 11.9. The Balaban J connectivity index is 2.23. The predicted molar refractivity (Wildman–Crippen MR) is 105 cm³/mol. The maximum atomic E-state index is 12.8. The molecule has 0 spiro atoms. The van der Waals surface area contributed by atoms with Gasteiger partial charge in [0.15, 0.2) is 0 Å². The van der Waals surface area contributed by atoms with Crippen LogP contribution in [-0.4, -0.2) is 18.9 Å². The Morgan fingerprint density at radius 2 is 1.70 bits per heavy atom. The molecule has 2 aromatic carbocycles. The zero-order chi connectivity index (χ0) is 20.2. The Morgan fingerprint density at radius 3 is 2.30 bits per heavy atom. The topological polar surface area (TPSA) is 91.2 Å². The summed E-state index contributed by atoms with van der Waals surface area (Å²) in [5, 5.41) is 15.0. The van der Waals surface area contributed by atoms with Crippen molar-refractivity contribution in [3.8, 4) is 11.8 Å². The number of carbonyl (C=O) groups is 2. The second-order valence-corrected chi connectivity index (χ2v) is 6.90. The van der Waals surface area contributed by atoms with Gasteiger partial charge in [0.1, 0.15) is 17.2 Å². The van der Waals surface area contributed by atoms with Gasteiger partial charge in [-0.2, -0.15) is 5.26 Å². The molecule has 27 heavy (non-hydrogen) atoms. The first-order valence-corrected chi connectivity index (χ1v) is 8.54. The van der Waals surface area contributed by atoms with Crippen molar-refractivity contribution in [3.05, 3.63) is 52.5 Å². The molecule has 0 atom stereocenters. The largest absolute Gasteiger partial charge is 0.495 e. The Kier molecular flexibility index (Phi) is 6.09. The molecule has 2 aromatic rings. The third kappa shape index (κ3) is 4.39. The summed E-state index contributed by atoms with van der Waals surface area (Å²) >= 11 is 6.08. The van der Waals surface area contributed by atoms with Crippen LogP contribution in [0.5, 0.6) is 5.75 Å². The van der Waals surface area contributed by atoms with Gasteiger partial charge in [-0.1, -0.05) is 23.7 Å². The van der Waals surface area contributed by atoms with Gasteiger partial charge in [-0.15, -0.1) is 0 Å². The molecule has 2 rings (SSSR count). The molecule has 0 heterocycles. The number of aryl methyl sites for hydroxylation is 1. The standard InChI is InChI=1S/C20H20ClN3O3/c1-12-9-16(17(27-4)10-14(12)21)24-19(26)20(2,3)18(25)23-15-8-6-5-7-13(15)11-22/h5-10H,1-4H3,(H,23,25)(H,24,26). The molecule has 0 bridgehead atoms. The number of hydrogen-bond acceptors (Lipinski definition) is 4. The van der Waals surface area contributed by atoms with Crippen molar-refractivity contribution in [1.82, 2.24) is 0 Å². The van der Waals surface area contributed by atoms with Crippen molar-refractivity contribution in [2.75, 3.05) is 17.7 Å². The average Bonchev–Trinajstić information content (AvgIpc) is 2.64. The Bertz CT molecular complexity index is 933. The van der Waals surface area contributed by atoms with Gasteiger partial charge in [0, 0.05) is 11.1 Å². The van der Waals surface area contributed by atoms with Crippen LogP contribution < -0.4 is 15.4 Å². The highest BCUT2D eigenvalue weighted by atomic mass is 35.5. The molecule has 140 valence electrons. The van der Waals surface area contributed by atoms with Crippen LogP contribution in [0.1, 0.15) is 25.0 Å². The van der Waals surface area contributed by atoms with E-state index in [0.29, 0.717) is 27.7 Å². The Labute approximate surface area is 163 Å². The molecular formula is C20H20ClN3O3. The highest BCUT2D eigenvalue weighted by Gasteiger charge is 2.37. The van der Waals surface area contributed by atoms with E-state index >= 15 is 0 Å². The van der Waals surface area contributed by atoms with Gasteiger partial charge < -0.3 is 15.4 Å². The highest BCUT2D eigenvalue weighted by Crippen LogP contribution is 2.32. The van der Waals surface area contributed by atoms with Crippen LogP contribution in [0.3, 0.4) is 0 Å². The molecule has 0 saturated heterocycles. The molecular weight excluding hydrogens is 366 g/mol. The van der Waals surface area contributed by atoms with Crippen LogP contribution in [-0.2, 0) is 9.59 Å². The van der Waals surface area contributed by atoms with E-state index in [0.717, 1.165) is 5.56 Å². The van der Waals surface area contributed by atoms with Crippen LogP contribution in [0.15, 0.2) is 36.4 Å². The molecule has 6 nitrogen and oxygen atoms in total. The van der Waals surface area contributed by atoms with E-state index in [4.69, 9.17) is 21.6 Å². The Morgan fingerprint density at radius 1 is 1.11 bits per heavy atom. The fourth-order valence-electron chi connectivity index (χ4n) is 2.28. The summed E-state index contributed by atoms with van der Waals surface area (Å²) in [6.07, 6.45) is 0. The number of halogens is 1. The van der Waals surface area contributed by atoms with Gasteiger partial charge in [-0.05, 0) is 44.5 Å². The van der Waals surface area contributed by atoms with E-state index in [2.05, 4.69) is 10.6 Å². The van der Waals surface area contributed by atoms with Gasteiger partial charge in [0.05, 0.1) is 24.0 Å². The number of nitrogens with one attached hydrogen (secondary N) is 2. The molecule has 0 aliphatic rings. The molecule has 2 amide bonds. The summed E-state index contributed by atoms with van der Waals surface area (Å²) in [5.74, 6) is -0.660. The van der Waals surface area contributed by atoms with E-state index in [-0.39, 0.29) is 0 Å². The molecule has 0 fully saturated rings. The number of nitrogens with zero attached hydrogens (tertiary/aromatic N) is 1. The smallest absolute Gasteiger partial charge is 0.239 e. The van der Waals surface area contributed by atoms with Gasteiger partial charge in [-0.3, -0.25) is 9.59 Å². The second kappa shape index (κ2) is 8.11. The lowest BCUT2D eigenvalue weighted by Crippen LogP contribution is -2.41. The van der Waals surface area contributed by atoms with Crippen LogP contribution in [0.25, 0.3) is 0 Å². The van der Waals surface area contributed by atoms with E-state index in [1.165, 1.54) is 21.0 Å². The Hall–Kier alpha value is -3.04. The van der Waals surface area contributed by atoms with Crippen molar-refractivity contribution in [1.29, 1.82) is 5.26 Å². The maximum Gasteiger partial charge on any atom is 0.239 e. The lowest BCUT2D eigenvalue weighted by molar-refractivity contribution is -0.135. The summed E-state index contributed by atoms with van der Waals surface area (Å²) in [6.45, 7) is 4.80. The number of benzene rings is 2. The predicted octanol–water partition coefficient (Wildman–Crippen LogP) is 4.13. The number of nitriles is 1. The zero-order valence-corrected chi connectivity index (χ0v) is 16.3. The molecule has 0 unspecified atom stereocenters. The summed E-state index contributed by atoms with van der Waals surface area (Å²) in [5.41, 5.74) is 0.449. The van der Waals surface area contributed by atoms with Crippen molar-refractivity contribution in [2.24, 2.45) is 5.41 Å². The second-order valence-electron chi connectivity index (χ2n) is 6.49. The van der Waals surface area contributed by atoms with E-state index < -0.39 is 17.2 Å². The molecule has 0 radical (unpaired) electrons. The summed E-state index contributed by atoms with van der Waals surface area (Å²) < 4.78 is 5.25. The van der Waals surface area contributed by atoms with Gasteiger partial charge in [0.25, 0.3) is 0 Å². The fraction of sp³-hybridized carbons (Fsp3) is 0.250. The number of hydrogen-bond donors (Lipinski definition) is 2. The number of para-hydroxylation sites is 1. The van der Waals surface area contributed by atoms with E-state index in [1.54, 1.807) is 43.3 Å². The third-order valence-corrected chi connectivity index (χ3v) is 4.57. The first-order valence-electron chi connectivity index (χ1n) is 8.17. The van der Waals surface area contributed by atoms with Crippen LogP contribution >= 0.6 is 11.6 Å². The normalized spacial score (nSPS) is 10.7. The molecule has 0 aliphatic carbocycles. The molecule has 0 aliphatic heterocycles. The first-order chi connectivity index (χ1) is 12.7. The van der Waals surface area contributed by atoms with Crippen molar-refractivity contribution in [3.63, 3.8) is 0 Å². The monoisotopic (exact) mass is 385 g/mol. The number of carbonyl (C=O) groups excluding carboxylic acids is 2. The maximum absolute atomic E-state index is 12.8. The summed E-state index contributed by atoms with van der Waals surface area (Å²) in [4.78, 5) is 25.4. The molecule has 0 aromatic heterocycles. The SMILES string of the molecule is COc1cc(Cl)c(C)cc1NC(=O)C(C)(C)C(=O)Nc1ccccc1C#N. The minimum absolute atomic E-state index is 0.317. The van der Waals surface area contributed by atoms with Crippen LogP contribution in [0.4, 0.5) is 11.4 Å². The van der Waals surface area contributed by atoms with Crippen molar-refractivity contribution in [2.45, 2.75) is 20.8 Å². The van der Waals surface area contributed by atoms with Gasteiger partial charge >= 0.3 is 0 Å². The average molecular weight is 386 g/mol. The van der Waals surface area contributed by atoms with Crippen molar-refractivity contribution < 1.29 is 14.3 Å². The van der Waals surface area contributed by atoms with Gasteiger partial charge in [-0.25, -0.2) is 0 Å². The number of methoxy groups -OCH3 is 1. The number of ether oxygens (including phenoxy) is 1. The molecule has 0 saturated carbocycles. The van der Waals surface area contributed by atoms with Gasteiger partial charge in [0.2, 0.25) is 11.8 Å². The summed E-state index contributed by atoms with van der Waals surface area (Å²) in [7, 11) is 1.47. The quantitative estimate of drug-likeness (QED) is 0.757. The zero-order valence-electron chi connectivity index (χ0n) is 15.5. The number of rotatable bonds is 5. The van der Waals surface area contributed by atoms with Crippen molar-refractivity contribution >= 4 is 34.8 Å². The minimum Gasteiger partial charge on any atom is -0.495 e. The first kappa shape index (κ1) is 20.3. The minimum atomic E-state index is -1.40. The third-order valence-electron chi connectivity index (χ3n) is 4.16. The number of anilines is 2. The lowest BCUT2D eigenvalue weighted by atomic mass is 9.90.